The molecule has 6 nitrogen and oxygen atoms in total. The lowest BCUT2D eigenvalue weighted by molar-refractivity contribution is -0.136. The molecule has 4 rings (SSSR count). The van der Waals surface area contributed by atoms with E-state index in [9.17, 15) is 13.2 Å². The van der Waals surface area contributed by atoms with E-state index in [-0.39, 0.29) is 11.3 Å². The summed E-state index contributed by atoms with van der Waals surface area (Å²) >= 11 is 0. The standard InChI is InChI=1S/C23H21F3N4O2/c1-31-18-7-3-16(4-8-18)13-29(14-17-5-9-19(32-2)10-6-17)22-21-20(23(24,25)26)11-12-30(21)28-15-27-22/h3-12,15H,13-14H2,1-2H3. The van der Waals surface area contributed by atoms with Gasteiger partial charge < -0.3 is 14.4 Å². The Morgan fingerprint density at radius 1 is 0.844 bits per heavy atom. The third kappa shape index (κ3) is 4.46. The maximum atomic E-state index is 13.7. The van der Waals surface area contributed by atoms with Gasteiger partial charge in [0, 0.05) is 19.3 Å². The zero-order chi connectivity index (χ0) is 22.7. The zero-order valence-corrected chi connectivity index (χ0v) is 17.5. The summed E-state index contributed by atoms with van der Waals surface area (Å²) in [7, 11) is 3.15. The van der Waals surface area contributed by atoms with Crippen molar-refractivity contribution >= 4 is 11.3 Å². The largest absolute Gasteiger partial charge is 0.497 e. The number of benzene rings is 2. The Hall–Kier alpha value is -3.75. The van der Waals surface area contributed by atoms with Gasteiger partial charge in [-0.3, -0.25) is 0 Å². The summed E-state index contributed by atoms with van der Waals surface area (Å²) in [4.78, 5) is 6.06. The Kier molecular flexibility index (Phi) is 5.89. The van der Waals surface area contributed by atoms with E-state index in [1.807, 2.05) is 48.5 Å². The molecule has 0 amide bonds. The Labute approximate surface area is 182 Å². The molecule has 4 aromatic rings. The van der Waals surface area contributed by atoms with E-state index in [0.717, 1.165) is 17.2 Å². The van der Waals surface area contributed by atoms with Crippen LogP contribution in [0.3, 0.4) is 0 Å². The van der Waals surface area contributed by atoms with Crippen LogP contribution in [-0.2, 0) is 19.3 Å². The Morgan fingerprint density at radius 3 is 1.84 bits per heavy atom. The van der Waals surface area contributed by atoms with Gasteiger partial charge in [0.05, 0.1) is 19.8 Å². The molecule has 0 aliphatic heterocycles. The summed E-state index contributed by atoms with van der Waals surface area (Å²) in [6.45, 7) is 0.677. The first-order chi connectivity index (χ1) is 15.4. The molecule has 2 heterocycles. The molecular formula is C23H21F3N4O2. The Morgan fingerprint density at radius 2 is 1.38 bits per heavy atom. The van der Waals surface area contributed by atoms with Gasteiger partial charge in [-0.1, -0.05) is 24.3 Å². The smallest absolute Gasteiger partial charge is 0.418 e. The van der Waals surface area contributed by atoms with E-state index < -0.39 is 11.7 Å². The van der Waals surface area contributed by atoms with Gasteiger partial charge in [0.25, 0.3) is 0 Å². The van der Waals surface area contributed by atoms with Crippen LogP contribution < -0.4 is 14.4 Å². The molecule has 0 N–H and O–H groups in total. The van der Waals surface area contributed by atoms with Crippen molar-refractivity contribution in [1.29, 1.82) is 0 Å². The normalized spacial score (nSPS) is 11.5. The summed E-state index contributed by atoms with van der Waals surface area (Å²) in [5.41, 5.74) is 0.942. The lowest BCUT2D eigenvalue weighted by Crippen LogP contribution is -2.24. The minimum absolute atomic E-state index is 0.0815. The van der Waals surface area contributed by atoms with Gasteiger partial charge in [0.15, 0.2) is 5.82 Å². The minimum Gasteiger partial charge on any atom is -0.497 e. The number of aromatic nitrogens is 3. The van der Waals surface area contributed by atoms with Crippen LogP contribution in [0, 0.1) is 0 Å². The van der Waals surface area contributed by atoms with Crippen molar-refractivity contribution in [3.05, 3.63) is 83.8 Å². The van der Waals surface area contributed by atoms with Crippen molar-refractivity contribution < 1.29 is 22.6 Å². The third-order valence-electron chi connectivity index (χ3n) is 5.10. The monoisotopic (exact) mass is 442 g/mol. The van der Waals surface area contributed by atoms with Crippen molar-refractivity contribution in [3.8, 4) is 11.5 Å². The first-order valence-electron chi connectivity index (χ1n) is 9.79. The van der Waals surface area contributed by atoms with Gasteiger partial charge in [-0.2, -0.15) is 18.3 Å². The van der Waals surface area contributed by atoms with Gasteiger partial charge in [-0.15, -0.1) is 0 Å². The average molecular weight is 442 g/mol. The first-order valence-corrected chi connectivity index (χ1v) is 9.79. The van der Waals surface area contributed by atoms with Gasteiger partial charge in [0.1, 0.15) is 23.3 Å². The molecule has 9 heteroatoms. The fourth-order valence-electron chi connectivity index (χ4n) is 3.51. The van der Waals surface area contributed by atoms with Crippen LogP contribution in [0.25, 0.3) is 5.52 Å². The SMILES string of the molecule is COc1ccc(CN(Cc2ccc(OC)cc2)c2ncnn3ccc(C(F)(F)F)c23)cc1. The molecule has 0 saturated heterocycles. The van der Waals surface area contributed by atoms with Gasteiger partial charge in [0.2, 0.25) is 0 Å². The number of hydrogen-bond acceptors (Lipinski definition) is 5. The number of nitrogens with zero attached hydrogens (tertiary/aromatic N) is 4. The lowest BCUT2D eigenvalue weighted by atomic mass is 10.1. The van der Waals surface area contributed by atoms with Crippen LogP contribution >= 0.6 is 0 Å². The molecule has 0 atom stereocenters. The molecule has 0 spiro atoms. The molecule has 0 radical (unpaired) electrons. The third-order valence-corrected chi connectivity index (χ3v) is 5.10. The summed E-state index contributed by atoms with van der Waals surface area (Å²) in [6, 6.07) is 15.8. The molecule has 0 aliphatic rings. The second-order valence-corrected chi connectivity index (χ2v) is 7.16. The van der Waals surface area contributed by atoms with E-state index in [2.05, 4.69) is 10.1 Å². The van der Waals surface area contributed by atoms with Crippen LogP contribution in [0.4, 0.5) is 19.0 Å². The minimum atomic E-state index is -4.53. The molecule has 2 aromatic heterocycles. The van der Waals surface area contributed by atoms with E-state index in [1.54, 1.807) is 19.1 Å². The predicted molar refractivity (Wildman–Crippen MR) is 114 cm³/mol. The maximum absolute atomic E-state index is 13.7. The van der Waals surface area contributed by atoms with Crippen LogP contribution in [-0.4, -0.2) is 28.8 Å². The molecule has 32 heavy (non-hydrogen) atoms. The summed E-state index contributed by atoms with van der Waals surface area (Å²) < 4.78 is 52.7. The molecule has 0 saturated carbocycles. The fraction of sp³-hybridized carbons (Fsp3) is 0.217. The summed E-state index contributed by atoms with van der Waals surface area (Å²) in [6.07, 6.45) is -1.97. The number of ether oxygens (including phenoxy) is 2. The van der Waals surface area contributed by atoms with Gasteiger partial charge in [-0.05, 0) is 41.5 Å². The highest BCUT2D eigenvalue weighted by atomic mass is 19.4. The predicted octanol–water partition coefficient (Wildman–Crippen LogP) is 4.97. The average Bonchev–Trinajstić information content (AvgIpc) is 3.25. The molecule has 0 bridgehead atoms. The molecule has 2 aromatic carbocycles. The Bertz CT molecular complexity index is 1140. The van der Waals surface area contributed by atoms with Crippen molar-refractivity contribution in [2.75, 3.05) is 19.1 Å². The summed E-state index contributed by atoms with van der Waals surface area (Å²) in [5, 5.41) is 3.96. The number of alkyl halides is 3. The van der Waals surface area contributed by atoms with Crippen LogP contribution in [0.5, 0.6) is 11.5 Å². The zero-order valence-electron chi connectivity index (χ0n) is 17.5. The number of halogens is 3. The van der Waals surface area contributed by atoms with Crippen LogP contribution in [0.15, 0.2) is 67.1 Å². The topological polar surface area (TPSA) is 51.9 Å². The maximum Gasteiger partial charge on any atom is 0.418 e. The van der Waals surface area contributed by atoms with Crippen molar-refractivity contribution in [2.45, 2.75) is 19.3 Å². The van der Waals surface area contributed by atoms with Crippen molar-refractivity contribution in [3.63, 3.8) is 0 Å². The highest BCUT2D eigenvalue weighted by Gasteiger charge is 2.35. The highest BCUT2D eigenvalue weighted by Crippen LogP contribution is 2.37. The van der Waals surface area contributed by atoms with Crippen LogP contribution in [0.1, 0.15) is 16.7 Å². The number of rotatable bonds is 7. The quantitative estimate of drug-likeness (QED) is 0.404. The number of methoxy groups -OCH3 is 2. The molecular weight excluding hydrogens is 421 g/mol. The van der Waals surface area contributed by atoms with Crippen molar-refractivity contribution in [1.82, 2.24) is 14.6 Å². The number of fused-ring (bicyclic) bond motifs is 1. The second-order valence-electron chi connectivity index (χ2n) is 7.16. The van der Waals surface area contributed by atoms with Gasteiger partial charge >= 0.3 is 6.18 Å². The first kappa shape index (κ1) is 21.5. The van der Waals surface area contributed by atoms with E-state index >= 15 is 0 Å². The lowest BCUT2D eigenvalue weighted by Gasteiger charge is -2.25. The van der Waals surface area contributed by atoms with E-state index in [4.69, 9.17) is 9.47 Å². The van der Waals surface area contributed by atoms with Crippen LogP contribution in [0.2, 0.25) is 0 Å². The molecule has 0 fully saturated rings. The molecule has 0 unspecified atom stereocenters. The second kappa shape index (κ2) is 8.78. The van der Waals surface area contributed by atoms with Gasteiger partial charge in [-0.25, -0.2) is 9.50 Å². The van der Waals surface area contributed by atoms with Crippen molar-refractivity contribution in [2.24, 2.45) is 0 Å². The highest BCUT2D eigenvalue weighted by molar-refractivity contribution is 5.74. The van der Waals surface area contributed by atoms with E-state index in [0.29, 0.717) is 24.6 Å². The Balaban J connectivity index is 1.78. The number of anilines is 1. The van der Waals surface area contributed by atoms with E-state index in [1.165, 1.54) is 17.0 Å². The fourth-order valence-corrected chi connectivity index (χ4v) is 3.51. The number of hydrogen-bond donors (Lipinski definition) is 0. The summed E-state index contributed by atoms with van der Waals surface area (Å²) in [5.74, 6) is 1.60. The molecule has 166 valence electrons. The molecule has 0 aliphatic carbocycles.